The van der Waals surface area contributed by atoms with Crippen LogP contribution >= 0.6 is 0 Å². The summed E-state index contributed by atoms with van der Waals surface area (Å²) < 4.78 is 0. The Morgan fingerprint density at radius 3 is 2.60 bits per heavy atom. The quantitative estimate of drug-likeness (QED) is 0.792. The number of carboxylic acid groups (broad SMARTS) is 1. The van der Waals surface area contributed by atoms with Crippen LogP contribution in [0.4, 0.5) is 4.79 Å². The highest BCUT2D eigenvalue weighted by Crippen LogP contribution is 2.04. The molecule has 0 aliphatic carbocycles. The number of carboxylic acids is 1. The zero-order valence-corrected chi connectivity index (χ0v) is 11.9. The number of carbonyl (C=O) groups is 2. The third-order valence-corrected chi connectivity index (χ3v) is 3.13. The first-order valence-electron chi connectivity index (χ1n) is 6.69. The third kappa shape index (κ3) is 5.26. The number of pyridine rings is 1. The molecule has 1 unspecified atom stereocenters. The minimum atomic E-state index is -1.01. The number of aromatic nitrogens is 1. The van der Waals surface area contributed by atoms with Gasteiger partial charge in [-0.2, -0.15) is 0 Å². The van der Waals surface area contributed by atoms with E-state index >= 15 is 0 Å². The zero-order valence-electron chi connectivity index (χ0n) is 11.9. The Morgan fingerprint density at radius 1 is 1.40 bits per heavy atom. The third-order valence-electron chi connectivity index (χ3n) is 3.13. The first-order chi connectivity index (χ1) is 9.54. The van der Waals surface area contributed by atoms with E-state index in [2.05, 4.69) is 10.3 Å². The summed E-state index contributed by atoms with van der Waals surface area (Å²) in [6.07, 6.45) is 4.81. The van der Waals surface area contributed by atoms with Gasteiger partial charge in [-0.05, 0) is 37.5 Å². The Balaban J connectivity index is 2.47. The Bertz CT molecular complexity index is 437. The van der Waals surface area contributed by atoms with Gasteiger partial charge in [-0.25, -0.2) is 4.79 Å². The van der Waals surface area contributed by atoms with E-state index in [1.165, 1.54) is 4.90 Å². The molecule has 1 heterocycles. The molecule has 1 aromatic rings. The molecule has 2 amide bonds. The Morgan fingerprint density at radius 2 is 2.05 bits per heavy atom. The highest BCUT2D eigenvalue weighted by atomic mass is 16.4. The monoisotopic (exact) mass is 279 g/mol. The molecule has 20 heavy (non-hydrogen) atoms. The predicted molar refractivity (Wildman–Crippen MR) is 75.4 cm³/mol. The minimum Gasteiger partial charge on any atom is -0.480 e. The van der Waals surface area contributed by atoms with E-state index < -0.39 is 5.97 Å². The van der Waals surface area contributed by atoms with Gasteiger partial charge < -0.3 is 15.3 Å². The fraction of sp³-hybridized carbons (Fsp3) is 0.500. The second kappa shape index (κ2) is 8.14. The van der Waals surface area contributed by atoms with Gasteiger partial charge in [-0.15, -0.1) is 0 Å². The van der Waals surface area contributed by atoms with Crippen molar-refractivity contribution in [2.75, 3.05) is 13.1 Å². The highest BCUT2D eigenvalue weighted by Gasteiger charge is 2.20. The standard InChI is InChI=1S/C14H21N3O3/c1-3-11(2)17(10-13(18)19)14(20)16-9-6-12-4-7-15-8-5-12/h4-5,7-8,11H,3,6,9-10H2,1-2H3,(H,16,20)(H,18,19). The number of amides is 2. The molecule has 2 N–H and O–H groups in total. The van der Waals surface area contributed by atoms with Crippen molar-refractivity contribution in [1.29, 1.82) is 0 Å². The lowest BCUT2D eigenvalue weighted by atomic mass is 10.2. The zero-order chi connectivity index (χ0) is 15.0. The molecule has 0 saturated carbocycles. The maximum atomic E-state index is 12.0. The van der Waals surface area contributed by atoms with Crippen molar-refractivity contribution in [3.05, 3.63) is 30.1 Å². The molecular formula is C14H21N3O3. The second-order valence-electron chi connectivity index (χ2n) is 4.62. The van der Waals surface area contributed by atoms with Crippen LogP contribution in [0.15, 0.2) is 24.5 Å². The molecule has 1 aromatic heterocycles. The maximum Gasteiger partial charge on any atom is 0.323 e. The number of hydrogen-bond donors (Lipinski definition) is 2. The van der Waals surface area contributed by atoms with E-state index in [1.807, 2.05) is 26.0 Å². The lowest BCUT2D eigenvalue weighted by Gasteiger charge is -2.27. The number of nitrogens with zero attached hydrogens (tertiary/aromatic N) is 2. The average molecular weight is 279 g/mol. The number of nitrogens with one attached hydrogen (secondary N) is 1. The molecule has 0 aliphatic rings. The van der Waals surface area contributed by atoms with Crippen molar-refractivity contribution in [2.45, 2.75) is 32.7 Å². The van der Waals surface area contributed by atoms with Crippen LogP contribution in [0, 0.1) is 0 Å². The number of hydrogen-bond acceptors (Lipinski definition) is 3. The molecule has 0 aliphatic heterocycles. The van der Waals surface area contributed by atoms with E-state index in [0.29, 0.717) is 19.4 Å². The molecular weight excluding hydrogens is 258 g/mol. The van der Waals surface area contributed by atoms with Crippen molar-refractivity contribution in [1.82, 2.24) is 15.2 Å². The predicted octanol–water partition coefficient (Wildman–Crippen LogP) is 1.52. The fourth-order valence-corrected chi connectivity index (χ4v) is 1.76. The maximum absolute atomic E-state index is 12.0. The van der Waals surface area contributed by atoms with E-state index in [1.54, 1.807) is 12.4 Å². The molecule has 6 nitrogen and oxygen atoms in total. The molecule has 110 valence electrons. The van der Waals surface area contributed by atoms with Gasteiger partial charge in [0.05, 0.1) is 0 Å². The van der Waals surface area contributed by atoms with E-state index in [4.69, 9.17) is 5.11 Å². The first-order valence-corrected chi connectivity index (χ1v) is 6.69. The lowest BCUT2D eigenvalue weighted by Crippen LogP contribution is -2.47. The number of carbonyl (C=O) groups excluding carboxylic acids is 1. The molecule has 1 rings (SSSR count). The van der Waals surface area contributed by atoms with Crippen LogP contribution in [0.1, 0.15) is 25.8 Å². The van der Waals surface area contributed by atoms with Crippen LogP contribution in [0.5, 0.6) is 0 Å². The lowest BCUT2D eigenvalue weighted by molar-refractivity contribution is -0.138. The topological polar surface area (TPSA) is 82.5 Å². The van der Waals surface area contributed by atoms with Crippen molar-refractivity contribution in [3.63, 3.8) is 0 Å². The molecule has 0 radical (unpaired) electrons. The second-order valence-corrected chi connectivity index (χ2v) is 4.62. The van der Waals surface area contributed by atoms with Gasteiger partial charge in [0.1, 0.15) is 6.54 Å². The van der Waals surface area contributed by atoms with Crippen LogP contribution in [-0.2, 0) is 11.2 Å². The summed E-state index contributed by atoms with van der Waals surface area (Å²) in [4.78, 5) is 28.1. The normalized spacial score (nSPS) is 11.7. The van der Waals surface area contributed by atoms with Crippen molar-refractivity contribution >= 4 is 12.0 Å². The Kier molecular flexibility index (Phi) is 6.49. The molecule has 0 fully saturated rings. The highest BCUT2D eigenvalue weighted by molar-refractivity contribution is 5.80. The largest absolute Gasteiger partial charge is 0.480 e. The number of rotatable bonds is 7. The molecule has 1 atom stereocenters. The van der Waals surface area contributed by atoms with Gasteiger partial charge >= 0.3 is 12.0 Å². The van der Waals surface area contributed by atoms with Crippen molar-refractivity contribution in [2.24, 2.45) is 0 Å². The van der Waals surface area contributed by atoms with Gasteiger partial charge in [-0.1, -0.05) is 6.92 Å². The molecule has 0 bridgehead atoms. The van der Waals surface area contributed by atoms with Crippen LogP contribution < -0.4 is 5.32 Å². The van der Waals surface area contributed by atoms with Gasteiger partial charge in [0.25, 0.3) is 0 Å². The average Bonchev–Trinajstić information content (AvgIpc) is 2.44. The van der Waals surface area contributed by atoms with Crippen LogP contribution in [-0.4, -0.2) is 46.1 Å². The van der Waals surface area contributed by atoms with Gasteiger partial charge in [-0.3, -0.25) is 9.78 Å². The molecule has 0 spiro atoms. The van der Waals surface area contributed by atoms with Crippen LogP contribution in [0.25, 0.3) is 0 Å². The van der Waals surface area contributed by atoms with Gasteiger partial charge in [0.15, 0.2) is 0 Å². The Labute approximate surface area is 118 Å². The summed E-state index contributed by atoms with van der Waals surface area (Å²) in [5.74, 6) is -1.01. The van der Waals surface area contributed by atoms with Crippen molar-refractivity contribution < 1.29 is 14.7 Å². The molecule has 6 heteroatoms. The SMILES string of the molecule is CCC(C)N(CC(=O)O)C(=O)NCCc1ccncc1. The first kappa shape index (κ1) is 15.9. The fourth-order valence-electron chi connectivity index (χ4n) is 1.76. The van der Waals surface area contributed by atoms with Crippen LogP contribution in [0.2, 0.25) is 0 Å². The van der Waals surface area contributed by atoms with E-state index in [0.717, 1.165) is 5.56 Å². The van der Waals surface area contributed by atoms with E-state index in [9.17, 15) is 9.59 Å². The van der Waals surface area contributed by atoms with Gasteiger partial charge in [0, 0.05) is 25.0 Å². The molecule has 0 aromatic carbocycles. The van der Waals surface area contributed by atoms with Crippen molar-refractivity contribution in [3.8, 4) is 0 Å². The minimum absolute atomic E-state index is 0.105. The number of aliphatic carboxylic acids is 1. The summed E-state index contributed by atoms with van der Waals surface area (Å²) >= 11 is 0. The van der Waals surface area contributed by atoms with Crippen LogP contribution in [0.3, 0.4) is 0 Å². The van der Waals surface area contributed by atoms with Gasteiger partial charge in [0.2, 0.25) is 0 Å². The Hall–Kier alpha value is -2.11. The summed E-state index contributed by atoms with van der Waals surface area (Å²) in [7, 11) is 0. The summed E-state index contributed by atoms with van der Waals surface area (Å²) in [6, 6.07) is 3.33. The molecule has 0 saturated heterocycles. The summed E-state index contributed by atoms with van der Waals surface area (Å²) in [5.41, 5.74) is 1.08. The summed E-state index contributed by atoms with van der Waals surface area (Å²) in [6.45, 7) is 3.95. The summed E-state index contributed by atoms with van der Waals surface area (Å²) in [5, 5.41) is 11.6. The van der Waals surface area contributed by atoms with E-state index in [-0.39, 0.29) is 18.6 Å². The number of urea groups is 1. The smallest absolute Gasteiger partial charge is 0.323 e.